The van der Waals surface area contributed by atoms with Crippen molar-refractivity contribution in [1.82, 2.24) is 5.32 Å². The number of hydrogen-bond acceptors (Lipinski definition) is 4. The van der Waals surface area contributed by atoms with Gasteiger partial charge in [0.25, 0.3) is 0 Å². The number of fused-ring (bicyclic) bond motifs is 1. The normalized spacial score (nSPS) is 14.5. The maximum absolute atomic E-state index is 12.7. The van der Waals surface area contributed by atoms with Gasteiger partial charge in [0.1, 0.15) is 5.66 Å². The lowest BCUT2D eigenvalue weighted by Gasteiger charge is -2.18. The average Bonchev–Trinajstić information content (AvgIpc) is 3.04. The van der Waals surface area contributed by atoms with Crippen molar-refractivity contribution in [3.8, 4) is 6.07 Å². The number of nitrogens with zero attached hydrogens (tertiary/aromatic N) is 1. The minimum Gasteiger partial charge on any atom is -0.344 e. The molecule has 0 aliphatic rings. The Labute approximate surface area is 171 Å². The summed E-state index contributed by atoms with van der Waals surface area (Å²) in [6.45, 7) is 1.18. The first kappa shape index (κ1) is 20.3. The van der Waals surface area contributed by atoms with Crippen molar-refractivity contribution in [1.29, 1.82) is 5.26 Å². The fourth-order valence-electron chi connectivity index (χ4n) is 2.82. The molecule has 3 rings (SSSR count). The van der Waals surface area contributed by atoms with Crippen LogP contribution in [-0.2, 0) is 9.36 Å². The highest BCUT2D eigenvalue weighted by atomic mass is 35.5. The van der Waals surface area contributed by atoms with Gasteiger partial charge in [-0.1, -0.05) is 23.7 Å². The third-order valence-electron chi connectivity index (χ3n) is 4.13. The summed E-state index contributed by atoms with van der Waals surface area (Å²) >= 11 is 7.45. The van der Waals surface area contributed by atoms with E-state index in [0.29, 0.717) is 21.5 Å². The SMILES string of the molecule is CP(=O)(O)C(C(=O)N/C=C/c1ccc(C#N)cc1)c1csc2ccc(Cl)cc12. The minimum atomic E-state index is -3.78. The molecular formula is C20H16ClN2O3PS. The van der Waals surface area contributed by atoms with E-state index in [0.717, 1.165) is 10.3 Å². The summed E-state index contributed by atoms with van der Waals surface area (Å²) in [6.07, 6.45) is 3.07. The number of rotatable bonds is 5. The van der Waals surface area contributed by atoms with Gasteiger partial charge in [0.05, 0.1) is 11.6 Å². The number of amides is 1. The topological polar surface area (TPSA) is 90.2 Å². The molecule has 0 radical (unpaired) electrons. The maximum atomic E-state index is 12.7. The van der Waals surface area contributed by atoms with E-state index in [1.807, 2.05) is 12.1 Å². The first-order valence-corrected chi connectivity index (χ1v) is 11.7. The summed E-state index contributed by atoms with van der Waals surface area (Å²) in [5, 5.41) is 14.3. The zero-order chi connectivity index (χ0) is 20.3. The highest BCUT2D eigenvalue weighted by Crippen LogP contribution is 2.54. The number of carbonyl (C=O) groups is 1. The van der Waals surface area contributed by atoms with Gasteiger partial charge in [0, 0.05) is 22.6 Å². The van der Waals surface area contributed by atoms with Crippen LogP contribution in [0.5, 0.6) is 0 Å². The van der Waals surface area contributed by atoms with E-state index in [-0.39, 0.29) is 0 Å². The van der Waals surface area contributed by atoms with Gasteiger partial charge in [-0.2, -0.15) is 5.26 Å². The van der Waals surface area contributed by atoms with E-state index in [4.69, 9.17) is 16.9 Å². The van der Waals surface area contributed by atoms with Crippen LogP contribution in [0.1, 0.15) is 22.3 Å². The smallest absolute Gasteiger partial charge is 0.241 e. The molecule has 0 fully saturated rings. The quantitative estimate of drug-likeness (QED) is 0.547. The molecule has 1 heterocycles. The summed E-state index contributed by atoms with van der Waals surface area (Å²) < 4.78 is 13.4. The van der Waals surface area contributed by atoms with E-state index < -0.39 is 18.9 Å². The highest BCUT2D eigenvalue weighted by Gasteiger charge is 2.36. The summed E-state index contributed by atoms with van der Waals surface area (Å²) in [6, 6.07) is 14.1. The van der Waals surface area contributed by atoms with Crippen LogP contribution in [0.15, 0.2) is 54.0 Å². The standard InChI is InChI=1S/C20H16ClN2O3PS/c1-27(25,26)19(17-12-28-18-7-6-15(21)10-16(17)18)20(24)23-9-8-13-2-4-14(11-22)5-3-13/h2-10,12,19H,1H3,(H,23,24)(H,25,26)/b9-8+. The molecule has 0 saturated carbocycles. The number of carbonyl (C=O) groups excluding carboxylic acids is 1. The zero-order valence-corrected chi connectivity index (χ0v) is 17.3. The second-order valence-electron chi connectivity index (χ2n) is 6.25. The van der Waals surface area contributed by atoms with Crippen LogP contribution in [0.4, 0.5) is 0 Å². The summed E-state index contributed by atoms with van der Waals surface area (Å²) in [5.41, 5.74) is 0.606. The Kier molecular flexibility index (Phi) is 6.02. The van der Waals surface area contributed by atoms with Gasteiger partial charge < -0.3 is 10.2 Å². The number of benzene rings is 2. The molecule has 1 aromatic heterocycles. The van der Waals surface area contributed by atoms with E-state index in [9.17, 15) is 14.3 Å². The molecule has 3 aromatic rings. The van der Waals surface area contributed by atoms with E-state index >= 15 is 0 Å². The molecule has 0 aliphatic carbocycles. The number of thiophene rings is 1. The first-order chi connectivity index (χ1) is 13.3. The molecule has 0 saturated heterocycles. The lowest BCUT2D eigenvalue weighted by Crippen LogP contribution is -2.25. The van der Waals surface area contributed by atoms with Gasteiger partial charge in [-0.3, -0.25) is 9.36 Å². The molecule has 0 bridgehead atoms. The summed E-state index contributed by atoms with van der Waals surface area (Å²) in [5.74, 6) is -0.571. The molecule has 0 aliphatic heterocycles. The predicted octanol–water partition coefficient (Wildman–Crippen LogP) is 5.15. The number of halogens is 1. The fraction of sp³-hybridized carbons (Fsp3) is 0.100. The van der Waals surface area contributed by atoms with Crippen LogP contribution in [0.3, 0.4) is 0 Å². The number of nitriles is 1. The molecule has 0 spiro atoms. The molecular weight excluding hydrogens is 415 g/mol. The van der Waals surface area contributed by atoms with Gasteiger partial charge in [-0.05, 0) is 58.3 Å². The van der Waals surface area contributed by atoms with Crippen LogP contribution in [0, 0.1) is 11.3 Å². The lowest BCUT2D eigenvalue weighted by atomic mass is 10.1. The van der Waals surface area contributed by atoms with Crippen molar-refractivity contribution in [3.63, 3.8) is 0 Å². The molecule has 8 heteroatoms. The van der Waals surface area contributed by atoms with Crippen LogP contribution >= 0.6 is 30.3 Å². The maximum Gasteiger partial charge on any atom is 0.241 e. The third kappa shape index (κ3) is 4.52. The van der Waals surface area contributed by atoms with E-state index in [2.05, 4.69) is 5.32 Å². The van der Waals surface area contributed by atoms with E-state index in [1.54, 1.807) is 47.9 Å². The Morgan fingerprint density at radius 3 is 2.68 bits per heavy atom. The third-order valence-corrected chi connectivity index (χ3v) is 6.82. The minimum absolute atomic E-state index is 0.486. The average molecular weight is 431 g/mol. The number of hydrogen-bond donors (Lipinski definition) is 2. The Bertz CT molecular complexity index is 1140. The van der Waals surface area contributed by atoms with Crippen molar-refractivity contribution in [2.24, 2.45) is 0 Å². The lowest BCUT2D eigenvalue weighted by molar-refractivity contribution is -0.120. The van der Waals surface area contributed by atoms with Crippen LogP contribution in [0.25, 0.3) is 16.2 Å². The van der Waals surface area contributed by atoms with Crippen molar-refractivity contribution >= 4 is 52.4 Å². The zero-order valence-electron chi connectivity index (χ0n) is 14.8. The summed E-state index contributed by atoms with van der Waals surface area (Å²) in [4.78, 5) is 23.0. The van der Waals surface area contributed by atoms with Crippen LogP contribution < -0.4 is 5.32 Å². The predicted molar refractivity (Wildman–Crippen MR) is 114 cm³/mol. The van der Waals surface area contributed by atoms with Crippen LogP contribution in [-0.4, -0.2) is 17.5 Å². The van der Waals surface area contributed by atoms with Crippen molar-refractivity contribution in [3.05, 3.63) is 75.8 Å². The Morgan fingerprint density at radius 2 is 2.04 bits per heavy atom. The Balaban J connectivity index is 1.86. The van der Waals surface area contributed by atoms with Crippen molar-refractivity contribution in [2.45, 2.75) is 5.66 Å². The van der Waals surface area contributed by atoms with E-state index in [1.165, 1.54) is 24.2 Å². The molecule has 1 amide bonds. The molecule has 2 N–H and O–H groups in total. The van der Waals surface area contributed by atoms with Crippen LogP contribution in [0.2, 0.25) is 5.02 Å². The highest BCUT2D eigenvalue weighted by molar-refractivity contribution is 7.58. The van der Waals surface area contributed by atoms with Gasteiger partial charge in [-0.25, -0.2) is 0 Å². The largest absolute Gasteiger partial charge is 0.344 e. The second-order valence-corrected chi connectivity index (χ2v) is 10.0. The molecule has 2 unspecified atom stereocenters. The van der Waals surface area contributed by atoms with Crippen molar-refractivity contribution < 1.29 is 14.3 Å². The molecule has 142 valence electrons. The van der Waals surface area contributed by atoms with Gasteiger partial charge in [-0.15, -0.1) is 11.3 Å². The van der Waals surface area contributed by atoms with Crippen molar-refractivity contribution in [2.75, 3.05) is 6.66 Å². The first-order valence-electron chi connectivity index (χ1n) is 8.23. The Morgan fingerprint density at radius 1 is 1.32 bits per heavy atom. The second kappa shape index (κ2) is 8.30. The molecule has 2 atom stereocenters. The van der Waals surface area contributed by atoms with Gasteiger partial charge in [0.2, 0.25) is 13.3 Å². The monoisotopic (exact) mass is 430 g/mol. The molecule has 28 heavy (non-hydrogen) atoms. The fourth-order valence-corrected chi connectivity index (χ4v) is 5.30. The number of nitrogens with one attached hydrogen (secondary N) is 1. The molecule has 2 aromatic carbocycles. The van der Waals surface area contributed by atoms with Gasteiger partial charge >= 0.3 is 0 Å². The molecule has 5 nitrogen and oxygen atoms in total. The Hall–Kier alpha value is -2.42. The van der Waals surface area contributed by atoms with Gasteiger partial charge in [0.15, 0.2) is 0 Å². The summed E-state index contributed by atoms with van der Waals surface area (Å²) in [7, 11) is -3.78.